The SMILES string of the molecule is C/C=C/c1ccc(OC2CCNC2)c(OC)c1. The average molecular weight is 233 g/mol. The Labute approximate surface area is 102 Å². The van der Waals surface area contributed by atoms with Crippen LogP contribution >= 0.6 is 0 Å². The summed E-state index contributed by atoms with van der Waals surface area (Å²) in [5.41, 5.74) is 1.13. The number of allylic oxidation sites excluding steroid dienone is 1. The summed E-state index contributed by atoms with van der Waals surface area (Å²) < 4.78 is 11.3. The van der Waals surface area contributed by atoms with E-state index in [0.29, 0.717) is 0 Å². The van der Waals surface area contributed by atoms with Crippen molar-refractivity contribution in [1.82, 2.24) is 5.32 Å². The highest BCUT2D eigenvalue weighted by atomic mass is 16.5. The predicted octanol–water partition coefficient (Wildman–Crippen LogP) is 2.47. The van der Waals surface area contributed by atoms with Crippen LogP contribution in [0, 0.1) is 0 Å². The van der Waals surface area contributed by atoms with Crippen molar-refractivity contribution in [2.75, 3.05) is 20.2 Å². The second kappa shape index (κ2) is 5.73. The summed E-state index contributed by atoms with van der Waals surface area (Å²) in [6.45, 7) is 3.95. The maximum absolute atomic E-state index is 5.92. The number of rotatable bonds is 4. The Bertz CT molecular complexity index is 395. The Balaban J connectivity index is 2.15. The van der Waals surface area contributed by atoms with Gasteiger partial charge in [0.05, 0.1) is 7.11 Å². The van der Waals surface area contributed by atoms with Crippen molar-refractivity contribution in [2.45, 2.75) is 19.4 Å². The summed E-state index contributed by atoms with van der Waals surface area (Å²) in [5.74, 6) is 1.63. The van der Waals surface area contributed by atoms with Crippen molar-refractivity contribution in [3.8, 4) is 11.5 Å². The van der Waals surface area contributed by atoms with Crippen LogP contribution in [0.5, 0.6) is 11.5 Å². The van der Waals surface area contributed by atoms with Crippen molar-refractivity contribution in [2.24, 2.45) is 0 Å². The third kappa shape index (κ3) is 3.01. The van der Waals surface area contributed by atoms with Crippen LogP contribution in [0.4, 0.5) is 0 Å². The van der Waals surface area contributed by atoms with E-state index >= 15 is 0 Å². The minimum Gasteiger partial charge on any atom is -0.493 e. The molecule has 2 rings (SSSR count). The number of methoxy groups -OCH3 is 1. The minimum atomic E-state index is 0.261. The lowest BCUT2D eigenvalue weighted by Gasteiger charge is -2.15. The van der Waals surface area contributed by atoms with Crippen molar-refractivity contribution in [1.29, 1.82) is 0 Å². The normalized spacial score (nSPS) is 19.8. The number of benzene rings is 1. The zero-order chi connectivity index (χ0) is 12.1. The second-order valence-electron chi connectivity index (χ2n) is 4.14. The summed E-state index contributed by atoms with van der Waals surface area (Å²) in [6, 6.07) is 6.02. The van der Waals surface area contributed by atoms with E-state index in [1.807, 2.05) is 37.3 Å². The zero-order valence-electron chi connectivity index (χ0n) is 10.4. The van der Waals surface area contributed by atoms with Crippen molar-refractivity contribution >= 4 is 6.08 Å². The van der Waals surface area contributed by atoms with Gasteiger partial charge in [-0.3, -0.25) is 0 Å². The highest BCUT2D eigenvalue weighted by Gasteiger charge is 2.17. The molecule has 1 N–H and O–H groups in total. The molecule has 0 aliphatic carbocycles. The van der Waals surface area contributed by atoms with Crippen molar-refractivity contribution in [3.05, 3.63) is 29.8 Å². The van der Waals surface area contributed by atoms with Gasteiger partial charge in [-0.2, -0.15) is 0 Å². The van der Waals surface area contributed by atoms with Gasteiger partial charge >= 0.3 is 0 Å². The highest BCUT2D eigenvalue weighted by molar-refractivity contribution is 5.55. The maximum Gasteiger partial charge on any atom is 0.161 e. The van der Waals surface area contributed by atoms with Gasteiger partial charge in [-0.15, -0.1) is 0 Å². The van der Waals surface area contributed by atoms with E-state index in [1.165, 1.54) is 0 Å². The third-order valence-electron chi connectivity index (χ3n) is 2.86. The summed E-state index contributed by atoms with van der Waals surface area (Å²) in [7, 11) is 1.68. The Hall–Kier alpha value is -1.48. The van der Waals surface area contributed by atoms with Crippen LogP contribution < -0.4 is 14.8 Å². The number of ether oxygens (including phenoxy) is 2. The first kappa shape index (κ1) is 12.0. The summed E-state index contributed by atoms with van der Waals surface area (Å²) in [5, 5.41) is 3.28. The molecule has 0 bridgehead atoms. The molecule has 1 saturated heterocycles. The fourth-order valence-electron chi connectivity index (χ4n) is 1.99. The molecule has 17 heavy (non-hydrogen) atoms. The first-order chi connectivity index (χ1) is 8.33. The van der Waals surface area contributed by atoms with Crippen LogP contribution in [0.15, 0.2) is 24.3 Å². The summed E-state index contributed by atoms with van der Waals surface area (Å²) in [6.07, 6.45) is 5.37. The molecule has 1 aliphatic rings. The molecule has 1 aromatic carbocycles. The standard InChI is InChI=1S/C14H19NO2/c1-3-4-11-5-6-13(14(9-11)16-2)17-12-7-8-15-10-12/h3-6,9,12,15H,7-8,10H2,1-2H3/b4-3+. The van der Waals surface area contributed by atoms with Gasteiger partial charge in [0.2, 0.25) is 0 Å². The number of nitrogens with one attached hydrogen (secondary N) is 1. The maximum atomic E-state index is 5.92. The van der Waals surface area contributed by atoms with Gasteiger partial charge in [0, 0.05) is 6.54 Å². The molecule has 0 aromatic heterocycles. The van der Waals surface area contributed by atoms with Crippen LogP contribution in [0.2, 0.25) is 0 Å². The summed E-state index contributed by atoms with van der Waals surface area (Å²) in [4.78, 5) is 0. The van der Waals surface area contributed by atoms with Gasteiger partial charge in [-0.1, -0.05) is 18.2 Å². The van der Waals surface area contributed by atoms with Gasteiger partial charge in [0.1, 0.15) is 6.10 Å². The molecule has 1 atom stereocenters. The molecular formula is C14H19NO2. The quantitative estimate of drug-likeness (QED) is 0.866. The van der Waals surface area contributed by atoms with E-state index in [-0.39, 0.29) is 6.10 Å². The first-order valence-electron chi connectivity index (χ1n) is 6.01. The first-order valence-corrected chi connectivity index (χ1v) is 6.01. The van der Waals surface area contributed by atoms with Crippen molar-refractivity contribution in [3.63, 3.8) is 0 Å². The number of hydrogen-bond donors (Lipinski definition) is 1. The zero-order valence-corrected chi connectivity index (χ0v) is 10.4. The van der Waals surface area contributed by atoms with Crippen molar-refractivity contribution < 1.29 is 9.47 Å². The van der Waals surface area contributed by atoms with Gasteiger partial charge in [0.25, 0.3) is 0 Å². The van der Waals surface area contributed by atoms with E-state index in [0.717, 1.165) is 36.6 Å². The van der Waals surface area contributed by atoms with E-state index in [4.69, 9.17) is 9.47 Å². The lowest BCUT2D eigenvalue weighted by molar-refractivity contribution is 0.213. The van der Waals surface area contributed by atoms with Gasteiger partial charge in [-0.05, 0) is 37.6 Å². The third-order valence-corrected chi connectivity index (χ3v) is 2.86. The molecule has 1 heterocycles. The van der Waals surface area contributed by atoms with E-state index in [2.05, 4.69) is 5.32 Å². The molecule has 0 radical (unpaired) electrons. The number of hydrogen-bond acceptors (Lipinski definition) is 3. The molecule has 1 aromatic rings. The van der Waals surface area contributed by atoms with Gasteiger partial charge in [0.15, 0.2) is 11.5 Å². The average Bonchev–Trinajstić information content (AvgIpc) is 2.84. The molecule has 92 valence electrons. The molecule has 0 saturated carbocycles. The molecular weight excluding hydrogens is 214 g/mol. The fourth-order valence-corrected chi connectivity index (χ4v) is 1.99. The fraction of sp³-hybridized carbons (Fsp3) is 0.429. The van der Waals surface area contributed by atoms with E-state index in [9.17, 15) is 0 Å². The van der Waals surface area contributed by atoms with Crippen LogP contribution in [0.3, 0.4) is 0 Å². The molecule has 1 aliphatic heterocycles. The topological polar surface area (TPSA) is 30.5 Å². The molecule has 0 spiro atoms. The van der Waals surface area contributed by atoms with Crippen LogP contribution in [-0.4, -0.2) is 26.3 Å². The van der Waals surface area contributed by atoms with Gasteiger partial charge in [-0.25, -0.2) is 0 Å². The smallest absolute Gasteiger partial charge is 0.161 e. The molecule has 0 amide bonds. The minimum absolute atomic E-state index is 0.261. The Morgan fingerprint density at radius 2 is 2.24 bits per heavy atom. The Morgan fingerprint density at radius 1 is 1.35 bits per heavy atom. The molecule has 3 heteroatoms. The monoisotopic (exact) mass is 233 g/mol. The van der Waals surface area contributed by atoms with E-state index < -0.39 is 0 Å². The van der Waals surface area contributed by atoms with E-state index in [1.54, 1.807) is 7.11 Å². The second-order valence-corrected chi connectivity index (χ2v) is 4.14. The Morgan fingerprint density at radius 3 is 2.88 bits per heavy atom. The van der Waals surface area contributed by atoms with Crippen LogP contribution in [-0.2, 0) is 0 Å². The Kier molecular flexibility index (Phi) is 4.04. The lowest BCUT2D eigenvalue weighted by atomic mass is 10.2. The lowest BCUT2D eigenvalue weighted by Crippen LogP contribution is -2.19. The molecule has 1 unspecified atom stereocenters. The summed E-state index contributed by atoms with van der Waals surface area (Å²) >= 11 is 0. The largest absolute Gasteiger partial charge is 0.493 e. The molecule has 1 fully saturated rings. The highest BCUT2D eigenvalue weighted by Crippen LogP contribution is 2.30. The van der Waals surface area contributed by atoms with Crippen LogP contribution in [0.1, 0.15) is 18.9 Å². The molecule has 3 nitrogen and oxygen atoms in total. The predicted molar refractivity (Wildman–Crippen MR) is 69.6 cm³/mol. The van der Waals surface area contributed by atoms with Crippen LogP contribution in [0.25, 0.3) is 6.08 Å². The van der Waals surface area contributed by atoms with Gasteiger partial charge < -0.3 is 14.8 Å².